The van der Waals surface area contributed by atoms with Gasteiger partial charge in [-0.3, -0.25) is 9.56 Å². The van der Waals surface area contributed by atoms with E-state index in [1.54, 1.807) is 31.8 Å². The minimum atomic E-state index is 0.209. The van der Waals surface area contributed by atoms with Crippen LogP contribution in [0.15, 0.2) is 78.0 Å². The summed E-state index contributed by atoms with van der Waals surface area (Å²) in [5.41, 5.74) is 4.32. The fourth-order valence-electron chi connectivity index (χ4n) is 2.77. The molecule has 0 aliphatic rings. The highest BCUT2D eigenvalue weighted by Crippen LogP contribution is 2.24. The molecule has 0 fully saturated rings. The number of phenols is 1. The number of phenolic OH excluding ortho intramolecular Hbond substituents is 1. The molecule has 0 aliphatic carbocycles. The fourth-order valence-corrected chi connectivity index (χ4v) is 2.77. The summed E-state index contributed by atoms with van der Waals surface area (Å²) in [6.07, 6.45) is 3.44. The highest BCUT2D eigenvalue weighted by molar-refractivity contribution is 5.87. The molecule has 5 nitrogen and oxygen atoms in total. The van der Waals surface area contributed by atoms with Crippen LogP contribution >= 0.6 is 0 Å². The van der Waals surface area contributed by atoms with E-state index in [2.05, 4.69) is 9.98 Å². The third-order valence-electron chi connectivity index (χ3n) is 4.17. The molecule has 0 amide bonds. The van der Waals surface area contributed by atoms with Crippen LogP contribution in [0.3, 0.4) is 0 Å². The van der Waals surface area contributed by atoms with Crippen molar-refractivity contribution < 1.29 is 9.84 Å². The first-order valence-corrected chi connectivity index (χ1v) is 8.18. The van der Waals surface area contributed by atoms with Gasteiger partial charge in [0.2, 0.25) is 0 Å². The third-order valence-corrected chi connectivity index (χ3v) is 4.17. The average molecular weight is 343 g/mol. The fraction of sp³-hybridized carbons (Fsp3) is 0.0476. The Balaban J connectivity index is 1.66. The van der Waals surface area contributed by atoms with E-state index in [9.17, 15) is 5.11 Å². The summed E-state index contributed by atoms with van der Waals surface area (Å²) < 4.78 is 7.22. The lowest BCUT2D eigenvalue weighted by Crippen LogP contribution is -1.92. The lowest BCUT2D eigenvalue weighted by atomic mass is 10.2. The molecule has 0 saturated carbocycles. The highest BCUT2D eigenvalue weighted by Gasteiger charge is 2.06. The number of hydrogen-bond acceptors (Lipinski definition) is 4. The summed E-state index contributed by atoms with van der Waals surface area (Å²) in [5.74, 6) is 1.03. The quantitative estimate of drug-likeness (QED) is 0.555. The maximum Gasteiger partial charge on any atom is 0.124 e. The Kier molecular flexibility index (Phi) is 4.11. The van der Waals surface area contributed by atoms with E-state index in [0.717, 1.165) is 28.2 Å². The van der Waals surface area contributed by atoms with Crippen LogP contribution in [-0.2, 0) is 0 Å². The second-order valence-electron chi connectivity index (χ2n) is 5.80. The highest BCUT2D eigenvalue weighted by atomic mass is 16.5. The summed E-state index contributed by atoms with van der Waals surface area (Å²) in [4.78, 5) is 8.92. The van der Waals surface area contributed by atoms with Crippen molar-refractivity contribution in [3.8, 4) is 17.2 Å². The van der Waals surface area contributed by atoms with Crippen LogP contribution in [0.4, 0.5) is 5.69 Å². The van der Waals surface area contributed by atoms with Crippen LogP contribution in [0.2, 0.25) is 0 Å². The van der Waals surface area contributed by atoms with Crippen LogP contribution in [0.25, 0.3) is 16.7 Å². The molecule has 0 spiro atoms. The monoisotopic (exact) mass is 343 g/mol. The van der Waals surface area contributed by atoms with Crippen LogP contribution in [0, 0.1) is 0 Å². The summed E-state index contributed by atoms with van der Waals surface area (Å²) >= 11 is 0. The molecule has 5 heteroatoms. The predicted octanol–water partition coefficient (Wildman–Crippen LogP) is 4.49. The lowest BCUT2D eigenvalue weighted by molar-refractivity contribution is 0.415. The van der Waals surface area contributed by atoms with Gasteiger partial charge in [0.25, 0.3) is 0 Å². The van der Waals surface area contributed by atoms with Crippen LogP contribution in [0.5, 0.6) is 11.5 Å². The zero-order valence-corrected chi connectivity index (χ0v) is 14.2. The summed E-state index contributed by atoms with van der Waals surface area (Å²) in [5, 5.41) is 9.81. The summed E-state index contributed by atoms with van der Waals surface area (Å²) in [6.45, 7) is 0. The largest absolute Gasteiger partial charge is 0.507 e. The first-order valence-electron chi connectivity index (χ1n) is 8.18. The van der Waals surface area contributed by atoms with Crippen LogP contribution < -0.4 is 4.74 Å². The number of benzene rings is 3. The summed E-state index contributed by atoms with van der Waals surface area (Å²) in [6, 6.07) is 20.8. The van der Waals surface area contributed by atoms with Gasteiger partial charge in [-0.05, 0) is 54.6 Å². The van der Waals surface area contributed by atoms with E-state index in [4.69, 9.17) is 4.74 Å². The predicted molar refractivity (Wildman–Crippen MR) is 103 cm³/mol. The van der Waals surface area contributed by atoms with Crippen molar-refractivity contribution in [1.29, 1.82) is 0 Å². The minimum Gasteiger partial charge on any atom is -0.507 e. The molecule has 0 unspecified atom stereocenters. The zero-order chi connectivity index (χ0) is 17.9. The van der Waals surface area contributed by atoms with E-state index < -0.39 is 0 Å². The Morgan fingerprint density at radius 2 is 1.85 bits per heavy atom. The molecule has 1 heterocycles. The first kappa shape index (κ1) is 15.9. The van der Waals surface area contributed by atoms with Crippen molar-refractivity contribution in [2.45, 2.75) is 0 Å². The normalized spacial score (nSPS) is 11.3. The Hall–Kier alpha value is -3.60. The molecule has 0 radical (unpaired) electrons. The maximum atomic E-state index is 9.81. The minimum absolute atomic E-state index is 0.209. The molecule has 26 heavy (non-hydrogen) atoms. The molecule has 3 aromatic carbocycles. The Morgan fingerprint density at radius 1 is 1.04 bits per heavy atom. The molecule has 4 rings (SSSR count). The molecule has 0 bridgehead atoms. The Labute approximate surface area is 150 Å². The second kappa shape index (κ2) is 6.72. The standard InChI is InChI=1S/C21H17N3O2/c1-26-18-9-7-17(8-10-18)24-14-23-19-12-16(6-11-20(19)24)22-13-15-4-2-3-5-21(15)25/h2-14,25H,1H3. The van der Waals surface area contributed by atoms with Gasteiger partial charge in [-0.15, -0.1) is 0 Å². The second-order valence-corrected chi connectivity index (χ2v) is 5.80. The molecule has 1 aromatic heterocycles. The number of para-hydroxylation sites is 1. The van der Waals surface area contributed by atoms with Crippen molar-refractivity contribution in [2.24, 2.45) is 4.99 Å². The van der Waals surface area contributed by atoms with Crippen LogP contribution in [-0.4, -0.2) is 28.0 Å². The van der Waals surface area contributed by atoms with Gasteiger partial charge in [0.05, 0.1) is 23.8 Å². The van der Waals surface area contributed by atoms with Gasteiger partial charge in [-0.1, -0.05) is 12.1 Å². The maximum absolute atomic E-state index is 9.81. The smallest absolute Gasteiger partial charge is 0.124 e. The van der Waals surface area contributed by atoms with E-state index >= 15 is 0 Å². The molecule has 4 aromatic rings. The van der Waals surface area contributed by atoms with E-state index in [1.807, 2.05) is 59.2 Å². The number of nitrogens with zero attached hydrogens (tertiary/aromatic N) is 3. The number of rotatable bonds is 4. The number of fused-ring (bicyclic) bond motifs is 1. The van der Waals surface area contributed by atoms with Gasteiger partial charge in [0.1, 0.15) is 17.8 Å². The van der Waals surface area contributed by atoms with Gasteiger partial charge < -0.3 is 9.84 Å². The van der Waals surface area contributed by atoms with Gasteiger partial charge in [-0.25, -0.2) is 4.98 Å². The van der Waals surface area contributed by atoms with Crippen molar-refractivity contribution >= 4 is 22.9 Å². The SMILES string of the molecule is COc1ccc(-n2cnc3cc(N=Cc4ccccc4O)ccc32)cc1. The van der Waals surface area contributed by atoms with Crippen molar-refractivity contribution in [2.75, 3.05) is 7.11 Å². The zero-order valence-electron chi connectivity index (χ0n) is 14.2. The number of imidazole rings is 1. The van der Waals surface area contributed by atoms with Gasteiger partial charge in [-0.2, -0.15) is 0 Å². The van der Waals surface area contributed by atoms with Crippen molar-refractivity contribution in [3.63, 3.8) is 0 Å². The van der Waals surface area contributed by atoms with Gasteiger partial charge >= 0.3 is 0 Å². The van der Waals surface area contributed by atoms with Crippen molar-refractivity contribution in [1.82, 2.24) is 9.55 Å². The van der Waals surface area contributed by atoms with Gasteiger partial charge in [0, 0.05) is 17.5 Å². The first-order chi connectivity index (χ1) is 12.7. The van der Waals surface area contributed by atoms with E-state index in [0.29, 0.717) is 5.56 Å². The average Bonchev–Trinajstić information content (AvgIpc) is 3.10. The van der Waals surface area contributed by atoms with Crippen LogP contribution in [0.1, 0.15) is 5.56 Å². The molecular formula is C21H17N3O2. The molecule has 1 N–H and O–H groups in total. The number of ether oxygens (including phenoxy) is 1. The number of aromatic nitrogens is 2. The van der Waals surface area contributed by atoms with E-state index in [-0.39, 0.29) is 5.75 Å². The Bertz CT molecular complexity index is 1080. The number of aliphatic imine (C=N–C) groups is 1. The molecule has 0 aliphatic heterocycles. The van der Waals surface area contributed by atoms with E-state index in [1.165, 1.54) is 0 Å². The summed E-state index contributed by atoms with van der Waals surface area (Å²) in [7, 11) is 1.65. The number of aromatic hydroxyl groups is 1. The molecule has 0 saturated heterocycles. The van der Waals surface area contributed by atoms with Crippen molar-refractivity contribution in [3.05, 3.63) is 78.6 Å². The van der Waals surface area contributed by atoms with Gasteiger partial charge in [0.15, 0.2) is 0 Å². The lowest BCUT2D eigenvalue weighted by Gasteiger charge is -2.06. The number of hydrogen-bond donors (Lipinski definition) is 1. The molecule has 128 valence electrons. The third kappa shape index (κ3) is 3.02. The number of methoxy groups -OCH3 is 1. The molecular weight excluding hydrogens is 326 g/mol. The Morgan fingerprint density at radius 3 is 2.62 bits per heavy atom. The topological polar surface area (TPSA) is 59.6 Å². The molecule has 0 atom stereocenters.